The average molecular weight is 169 g/mol. The summed E-state index contributed by atoms with van der Waals surface area (Å²) in [6, 6.07) is 0. The van der Waals surface area contributed by atoms with E-state index in [-0.39, 0.29) is 17.0 Å². The fourth-order valence-electron chi connectivity index (χ4n) is 2.66. The highest BCUT2D eigenvalue weighted by atomic mass is 16.5. The monoisotopic (exact) mass is 169 g/mol. The summed E-state index contributed by atoms with van der Waals surface area (Å²) in [5.41, 5.74) is 0.276. The van der Waals surface area contributed by atoms with Gasteiger partial charge in [-0.15, -0.1) is 0 Å². The van der Waals surface area contributed by atoms with Gasteiger partial charge in [0.05, 0.1) is 5.60 Å². The van der Waals surface area contributed by atoms with Crippen LogP contribution < -0.4 is 5.32 Å². The lowest BCUT2D eigenvalue weighted by Crippen LogP contribution is -2.79. The van der Waals surface area contributed by atoms with Gasteiger partial charge in [-0.1, -0.05) is 0 Å². The zero-order valence-electron chi connectivity index (χ0n) is 7.64. The Hall–Kier alpha value is -0.570. The Morgan fingerprint density at radius 2 is 2.08 bits per heavy atom. The van der Waals surface area contributed by atoms with Gasteiger partial charge in [-0.3, -0.25) is 4.79 Å². The van der Waals surface area contributed by atoms with E-state index in [0.29, 0.717) is 0 Å². The fraction of sp³-hybridized carbons (Fsp3) is 0.889. The van der Waals surface area contributed by atoms with Crippen LogP contribution in [0.2, 0.25) is 0 Å². The standard InChI is InChI=1S/C9H15NO2/c1-3-12-9-4-8(5-9,6-9)10-7(2)11/h3-6H2,1-2H3,(H,10,11). The lowest BCUT2D eigenvalue weighted by molar-refractivity contribution is -0.247. The summed E-state index contributed by atoms with van der Waals surface area (Å²) in [6.45, 7) is 4.38. The second-order valence-electron chi connectivity index (χ2n) is 4.11. The summed E-state index contributed by atoms with van der Waals surface area (Å²) >= 11 is 0. The second kappa shape index (κ2) is 2.22. The van der Waals surface area contributed by atoms with E-state index < -0.39 is 0 Å². The van der Waals surface area contributed by atoms with Crippen LogP contribution in [-0.4, -0.2) is 23.7 Å². The molecule has 3 nitrogen and oxygen atoms in total. The third-order valence-corrected chi connectivity index (χ3v) is 2.87. The number of nitrogens with one attached hydrogen (secondary N) is 1. The normalized spacial score (nSPS) is 42.8. The maximum absolute atomic E-state index is 10.8. The quantitative estimate of drug-likeness (QED) is 0.679. The maximum Gasteiger partial charge on any atom is 0.217 e. The molecule has 0 spiro atoms. The van der Waals surface area contributed by atoms with Crippen LogP contribution in [0.1, 0.15) is 33.1 Å². The first kappa shape index (κ1) is 8.05. The highest BCUT2D eigenvalue weighted by molar-refractivity contribution is 5.74. The van der Waals surface area contributed by atoms with Crippen molar-refractivity contribution in [3.05, 3.63) is 0 Å². The van der Waals surface area contributed by atoms with E-state index in [1.807, 2.05) is 6.92 Å². The van der Waals surface area contributed by atoms with Crippen LogP contribution in [0.4, 0.5) is 0 Å². The number of rotatable bonds is 3. The predicted octanol–water partition coefficient (Wildman–Crippen LogP) is 0.834. The van der Waals surface area contributed by atoms with Crippen molar-refractivity contribution >= 4 is 5.91 Å². The highest BCUT2D eigenvalue weighted by Crippen LogP contribution is 2.62. The molecule has 0 radical (unpaired) electrons. The molecule has 3 fully saturated rings. The van der Waals surface area contributed by atoms with Crippen LogP contribution in [0.5, 0.6) is 0 Å². The maximum atomic E-state index is 10.8. The summed E-state index contributed by atoms with van der Waals surface area (Å²) in [5.74, 6) is 0.0831. The van der Waals surface area contributed by atoms with Crippen LogP contribution in [0.25, 0.3) is 0 Å². The van der Waals surface area contributed by atoms with Gasteiger partial charge in [0.25, 0.3) is 0 Å². The molecule has 3 saturated carbocycles. The van der Waals surface area contributed by atoms with Crippen LogP contribution in [0.3, 0.4) is 0 Å². The molecule has 12 heavy (non-hydrogen) atoms. The van der Waals surface area contributed by atoms with E-state index in [2.05, 4.69) is 5.32 Å². The van der Waals surface area contributed by atoms with Crippen LogP contribution in [-0.2, 0) is 9.53 Å². The number of ether oxygens (including phenoxy) is 1. The molecule has 0 aliphatic heterocycles. The molecule has 0 unspecified atom stereocenters. The van der Waals surface area contributed by atoms with Gasteiger partial charge in [0, 0.05) is 19.1 Å². The molecule has 0 saturated heterocycles. The molecule has 0 atom stereocenters. The third kappa shape index (κ3) is 0.959. The van der Waals surface area contributed by atoms with E-state index >= 15 is 0 Å². The zero-order chi connectivity index (χ0) is 8.82. The Labute approximate surface area is 72.5 Å². The van der Waals surface area contributed by atoms with E-state index in [1.54, 1.807) is 6.92 Å². The molecule has 3 rings (SSSR count). The Bertz CT molecular complexity index is 205. The van der Waals surface area contributed by atoms with Crippen molar-refractivity contribution in [1.29, 1.82) is 0 Å². The smallest absolute Gasteiger partial charge is 0.217 e. The largest absolute Gasteiger partial charge is 0.375 e. The molecular formula is C9H15NO2. The summed E-state index contributed by atoms with van der Waals surface area (Å²) in [6.07, 6.45) is 3.06. The Kier molecular flexibility index (Phi) is 1.49. The molecule has 3 aliphatic carbocycles. The van der Waals surface area contributed by atoms with Crippen molar-refractivity contribution in [2.45, 2.75) is 44.2 Å². The van der Waals surface area contributed by atoms with Gasteiger partial charge >= 0.3 is 0 Å². The second-order valence-corrected chi connectivity index (χ2v) is 4.11. The SMILES string of the molecule is CCOC12CC(NC(C)=O)(C1)C2. The van der Waals surface area contributed by atoms with E-state index in [1.165, 1.54) is 0 Å². The summed E-state index contributed by atoms with van der Waals surface area (Å²) in [7, 11) is 0. The van der Waals surface area contributed by atoms with Gasteiger partial charge in [0.15, 0.2) is 0 Å². The Balaban J connectivity index is 1.83. The van der Waals surface area contributed by atoms with Gasteiger partial charge in [-0.25, -0.2) is 0 Å². The van der Waals surface area contributed by atoms with Crippen molar-refractivity contribution in [1.82, 2.24) is 5.32 Å². The number of hydrogen-bond donors (Lipinski definition) is 1. The number of carbonyl (C=O) groups is 1. The Morgan fingerprint density at radius 1 is 1.50 bits per heavy atom. The first-order valence-corrected chi connectivity index (χ1v) is 4.53. The minimum absolute atomic E-state index is 0.0831. The van der Waals surface area contributed by atoms with Crippen LogP contribution in [0.15, 0.2) is 0 Å². The van der Waals surface area contributed by atoms with Crippen molar-refractivity contribution in [3.63, 3.8) is 0 Å². The summed E-state index contributed by atoms with van der Waals surface area (Å²) in [4.78, 5) is 10.8. The molecule has 3 aliphatic rings. The van der Waals surface area contributed by atoms with E-state index in [0.717, 1.165) is 25.9 Å². The van der Waals surface area contributed by atoms with Gasteiger partial charge in [0.1, 0.15) is 0 Å². The molecule has 0 aromatic heterocycles. The number of hydrogen-bond acceptors (Lipinski definition) is 2. The predicted molar refractivity (Wildman–Crippen MR) is 44.8 cm³/mol. The van der Waals surface area contributed by atoms with Crippen molar-refractivity contribution in [2.75, 3.05) is 6.61 Å². The van der Waals surface area contributed by atoms with Gasteiger partial charge < -0.3 is 10.1 Å². The van der Waals surface area contributed by atoms with E-state index in [9.17, 15) is 4.79 Å². The molecule has 3 heteroatoms. The lowest BCUT2D eigenvalue weighted by atomic mass is 9.46. The summed E-state index contributed by atoms with van der Waals surface area (Å²) in [5, 5.41) is 2.99. The average Bonchev–Trinajstić information content (AvgIpc) is 1.79. The first-order valence-electron chi connectivity index (χ1n) is 4.53. The van der Waals surface area contributed by atoms with Crippen LogP contribution in [0, 0.1) is 0 Å². The molecule has 0 aromatic rings. The molecule has 1 amide bonds. The third-order valence-electron chi connectivity index (χ3n) is 2.87. The molecule has 0 heterocycles. The lowest BCUT2D eigenvalue weighted by Gasteiger charge is -2.69. The number of amides is 1. The topological polar surface area (TPSA) is 38.3 Å². The Morgan fingerprint density at radius 3 is 2.50 bits per heavy atom. The van der Waals surface area contributed by atoms with Gasteiger partial charge in [-0.05, 0) is 26.2 Å². The summed E-state index contributed by atoms with van der Waals surface area (Å²) < 4.78 is 5.59. The first-order chi connectivity index (χ1) is 5.60. The van der Waals surface area contributed by atoms with Gasteiger partial charge in [-0.2, -0.15) is 0 Å². The zero-order valence-corrected chi connectivity index (χ0v) is 7.64. The van der Waals surface area contributed by atoms with E-state index in [4.69, 9.17) is 4.74 Å². The fourth-order valence-corrected chi connectivity index (χ4v) is 2.66. The highest BCUT2D eigenvalue weighted by Gasteiger charge is 2.69. The minimum Gasteiger partial charge on any atom is -0.375 e. The van der Waals surface area contributed by atoms with Gasteiger partial charge in [0.2, 0.25) is 5.91 Å². The molecule has 1 N–H and O–H groups in total. The molecule has 0 aromatic carbocycles. The van der Waals surface area contributed by atoms with Crippen molar-refractivity contribution in [3.8, 4) is 0 Å². The molecule has 2 bridgehead atoms. The minimum atomic E-state index is 0.0831. The van der Waals surface area contributed by atoms with Crippen molar-refractivity contribution in [2.24, 2.45) is 0 Å². The molecular weight excluding hydrogens is 154 g/mol. The molecule has 68 valence electrons. The number of carbonyl (C=O) groups excluding carboxylic acids is 1. The van der Waals surface area contributed by atoms with Crippen molar-refractivity contribution < 1.29 is 9.53 Å². The van der Waals surface area contributed by atoms with Crippen LogP contribution >= 0.6 is 0 Å².